The van der Waals surface area contributed by atoms with Crippen molar-refractivity contribution in [3.8, 4) is 5.75 Å². The number of ether oxygens (including phenoxy) is 1. The van der Waals surface area contributed by atoms with Crippen molar-refractivity contribution in [2.45, 2.75) is 11.8 Å². The molecule has 1 amide bonds. The molecule has 0 atom stereocenters. The fourth-order valence-electron chi connectivity index (χ4n) is 2.89. The smallest absolute Gasteiger partial charge is 0.264 e. The number of nitrogens with one attached hydrogen (secondary N) is 1. The zero-order valence-electron chi connectivity index (χ0n) is 17.0. The van der Waals surface area contributed by atoms with Gasteiger partial charge in [-0.15, -0.1) is 0 Å². The summed E-state index contributed by atoms with van der Waals surface area (Å²) in [6.45, 7) is 2.12. The average Bonchev–Trinajstić information content (AvgIpc) is 2.76. The second-order valence-corrected chi connectivity index (χ2v) is 9.11. The highest BCUT2D eigenvalue weighted by Crippen LogP contribution is 2.24. The van der Waals surface area contributed by atoms with Crippen molar-refractivity contribution in [1.82, 2.24) is 5.32 Å². The van der Waals surface area contributed by atoms with Gasteiger partial charge in [0.15, 0.2) is 0 Å². The molecule has 0 radical (unpaired) electrons. The molecule has 0 fully saturated rings. The zero-order valence-corrected chi connectivity index (χ0v) is 18.6. The highest BCUT2D eigenvalue weighted by atomic mass is 35.5. The van der Waals surface area contributed by atoms with Gasteiger partial charge in [0.1, 0.15) is 18.9 Å². The number of anilines is 1. The number of amides is 1. The fraction of sp³-hybridized carbons (Fsp3) is 0.174. The third-order valence-electron chi connectivity index (χ3n) is 4.42. The summed E-state index contributed by atoms with van der Waals surface area (Å²) >= 11 is 5.88. The van der Waals surface area contributed by atoms with Crippen molar-refractivity contribution in [3.63, 3.8) is 0 Å². The molecule has 0 aromatic heterocycles. The van der Waals surface area contributed by atoms with Crippen LogP contribution < -0.4 is 14.4 Å². The molecule has 1 N–H and O–H groups in total. The minimum absolute atomic E-state index is 0.0522. The number of hydrogen-bond acceptors (Lipinski definition) is 4. The number of carbonyl (C=O) groups is 1. The molecular formula is C23H23ClN2O4S. The third-order valence-corrected chi connectivity index (χ3v) is 6.46. The van der Waals surface area contributed by atoms with Crippen LogP contribution in [0.4, 0.5) is 5.69 Å². The standard InChI is InChI=1S/C23H23ClN2O4S/c1-18-6-5-9-21(16-18)30-15-14-25-23(27)17-26(20-7-3-2-4-8-20)31(28,29)22-12-10-19(24)11-13-22/h2-13,16H,14-15,17H2,1H3,(H,25,27). The first kappa shape index (κ1) is 22.7. The Bertz CT molecular complexity index is 1120. The van der Waals surface area contributed by atoms with Crippen LogP contribution in [-0.2, 0) is 14.8 Å². The molecule has 0 aliphatic heterocycles. The molecule has 0 aliphatic rings. The molecule has 0 saturated heterocycles. The molecule has 31 heavy (non-hydrogen) atoms. The van der Waals surface area contributed by atoms with E-state index in [4.69, 9.17) is 16.3 Å². The lowest BCUT2D eigenvalue weighted by atomic mass is 10.2. The van der Waals surface area contributed by atoms with Gasteiger partial charge in [-0.1, -0.05) is 41.9 Å². The number of sulfonamides is 1. The van der Waals surface area contributed by atoms with Crippen LogP contribution in [0.1, 0.15) is 5.56 Å². The second kappa shape index (κ2) is 10.3. The van der Waals surface area contributed by atoms with E-state index >= 15 is 0 Å². The Labute approximate surface area is 187 Å². The number of halogens is 1. The van der Waals surface area contributed by atoms with E-state index < -0.39 is 15.9 Å². The summed E-state index contributed by atoms with van der Waals surface area (Å²) in [6.07, 6.45) is 0. The van der Waals surface area contributed by atoms with Crippen molar-refractivity contribution in [1.29, 1.82) is 0 Å². The minimum Gasteiger partial charge on any atom is -0.492 e. The number of aryl methyl sites for hydroxylation is 1. The van der Waals surface area contributed by atoms with Gasteiger partial charge >= 0.3 is 0 Å². The number of carbonyl (C=O) groups excluding carboxylic acids is 1. The number of hydrogen-bond donors (Lipinski definition) is 1. The van der Waals surface area contributed by atoms with E-state index in [1.54, 1.807) is 30.3 Å². The number of para-hydroxylation sites is 1. The Kier molecular flexibility index (Phi) is 7.55. The number of rotatable bonds is 9. The largest absolute Gasteiger partial charge is 0.492 e. The van der Waals surface area contributed by atoms with Crippen LogP contribution in [0.5, 0.6) is 5.75 Å². The van der Waals surface area contributed by atoms with Gasteiger partial charge in [0.25, 0.3) is 10.0 Å². The van der Waals surface area contributed by atoms with Gasteiger partial charge in [0.2, 0.25) is 5.91 Å². The highest BCUT2D eigenvalue weighted by Gasteiger charge is 2.27. The maximum atomic E-state index is 13.2. The minimum atomic E-state index is -3.96. The molecule has 0 heterocycles. The summed E-state index contributed by atoms with van der Waals surface area (Å²) in [6, 6.07) is 21.9. The zero-order chi connectivity index (χ0) is 22.3. The number of nitrogens with zero attached hydrogens (tertiary/aromatic N) is 1. The third kappa shape index (κ3) is 6.23. The lowest BCUT2D eigenvalue weighted by Gasteiger charge is -2.24. The molecule has 0 bridgehead atoms. The highest BCUT2D eigenvalue weighted by molar-refractivity contribution is 7.92. The van der Waals surface area contributed by atoms with Crippen LogP contribution >= 0.6 is 11.6 Å². The predicted molar refractivity (Wildman–Crippen MR) is 122 cm³/mol. The van der Waals surface area contributed by atoms with E-state index in [2.05, 4.69) is 5.32 Å². The summed E-state index contributed by atoms with van der Waals surface area (Å²) < 4.78 is 33.1. The maximum Gasteiger partial charge on any atom is 0.264 e. The van der Waals surface area contributed by atoms with Crippen molar-refractivity contribution in [2.75, 3.05) is 24.0 Å². The monoisotopic (exact) mass is 458 g/mol. The quantitative estimate of drug-likeness (QED) is 0.491. The first-order valence-electron chi connectivity index (χ1n) is 9.66. The van der Waals surface area contributed by atoms with Crippen LogP contribution in [0.25, 0.3) is 0 Å². The first-order chi connectivity index (χ1) is 14.9. The molecule has 3 aromatic carbocycles. The summed E-state index contributed by atoms with van der Waals surface area (Å²) in [5.41, 5.74) is 1.47. The summed E-state index contributed by atoms with van der Waals surface area (Å²) in [5.74, 6) is 0.278. The maximum absolute atomic E-state index is 13.2. The van der Waals surface area contributed by atoms with Crippen molar-refractivity contribution in [3.05, 3.63) is 89.4 Å². The number of benzene rings is 3. The van der Waals surface area contributed by atoms with Gasteiger partial charge < -0.3 is 10.1 Å². The first-order valence-corrected chi connectivity index (χ1v) is 11.5. The molecule has 3 aromatic rings. The molecule has 8 heteroatoms. The molecule has 3 rings (SSSR count). The van der Waals surface area contributed by atoms with E-state index in [0.29, 0.717) is 16.5 Å². The Morgan fingerprint density at radius 3 is 2.39 bits per heavy atom. The summed E-state index contributed by atoms with van der Waals surface area (Å²) in [4.78, 5) is 12.6. The van der Waals surface area contributed by atoms with Gasteiger partial charge in [-0.05, 0) is 61.0 Å². The second-order valence-electron chi connectivity index (χ2n) is 6.82. The van der Waals surface area contributed by atoms with Crippen LogP contribution in [0.3, 0.4) is 0 Å². The molecule has 0 aliphatic carbocycles. The topological polar surface area (TPSA) is 75.7 Å². The van der Waals surface area contributed by atoms with Gasteiger partial charge in [0, 0.05) is 5.02 Å². The fourth-order valence-corrected chi connectivity index (χ4v) is 4.44. The van der Waals surface area contributed by atoms with Gasteiger partial charge in [-0.25, -0.2) is 8.42 Å². The Morgan fingerprint density at radius 2 is 1.71 bits per heavy atom. The molecule has 0 spiro atoms. The molecule has 0 unspecified atom stereocenters. The molecular weight excluding hydrogens is 436 g/mol. The van der Waals surface area contributed by atoms with Gasteiger partial charge in [-0.2, -0.15) is 0 Å². The van der Waals surface area contributed by atoms with E-state index in [1.165, 1.54) is 24.3 Å². The summed E-state index contributed by atoms with van der Waals surface area (Å²) in [7, 11) is -3.96. The summed E-state index contributed by atoms with van der Waals surface area (Å²) in [5, 5.41) is 3.14. The predicted octanol–water partition coefficient (Wildman–Crippen LogP) is 4.04. The van der Waals surface area contributed by atoms with E-state index in [1.807, 2.05) is 31.2 Å². The van der Waals surface area contributed by atoms with Crippen LogP contribution in [0, 0.1) is 6.92 Å². The molecule has 0 saturated carbocycles. The normalized spacial score (nSPS) is 11.0. The Morgan fingerprint density at radius 1 is 1.00 bits per heavy atom. The van der Waals surface area contributed by atoms with Crippen LogP contribution in [-0.4, -0.2) is 34.0 Å². The Balaban J connectivity index is 1.67. The van der Waals surface area contributed by atoms with Gasteiger partial charge in [-0.3, -0.25) is 9.10 Å². The SMILES string of the molecule is Cc1cccc(OCCNC(=O)CN(c2ccccc2)S(=O)(=O)c2ccc(Cl)cc2)c1. The average molecular weight is 459 g/mol. The van der Waals surface area contributed by atoms with Gasteiger partial charge in [0.05, 0.1) is 17.1 Å². The lowest BCUT2D eigenvalue weighted by molar-refractivity contribution is -0.119. The van der Waals surface area contributed by atoms with E-state index in [9.17, 15) is 13.2 Å². The van der Waals surface area contributed by atoms with Crippen molar-refractivity contribution >= 4 is 33.2 Å². The molecule has 162 valence electrons. The van der Waals surface area contributed by atoms with Crippen molar-refractivity contribution in [2.24, 2.45) is 0 Å². The van der Waals surface area contributed by atoms with Crippen molar-refractivity contribution < 1.29 is 17.9 Å². The molecule has 6 nitrogen and oxygen atoms in total. The van der Waals surface area contributed by atoms with E-state index in [-0.39, 0.29) is 24.6 Å². The Hall–Kier alpha value is -3.03. The van der Waals surface area contributed by atoms with Crippen LogP contribution in [0.2, 0.25) is 5.02 Å². The lowest BCUT2D eigenvalue weighted by Crippen LogP contribution is -2.41. The van der Waals surface area contributed by atoms with E-state index in [0.717, 1.165) is 9.87 Å². The van der Waals surface area contributed by atoms with Crippen LogP contribution in [0.15, 0.2) is 83.8 Å².